The minimum atomic E-state index is 0.207. The zero-order valence-electron chi connectivity index (χ0n) is 8.21. The van der Waals surface area contributed by atoms with Crippen LogP contribution in [0.3, 0.4) is 0 Å². The van der Waals surface area contributed by atoms with Crippen molar-refractivity contribution in [3.05, 3.63) is 0 Å². The Labute approximate surface area is 80.7 Å². The highest BCUT2D eigenvalue weighted by atomic mass is 32.1. The van der Waals surface area contributed by atoms with Crippen LogP contribution in [0.5, 0.6) is 0 Å². The summed E-state index contributed by atoms with van der Waals surface area (Å²) in [6, 6.07) is 0.400. The van der Waals surface area contributed by atoms with Crippen molar-refractivity contribution in [1.29, 1.82) is 0 Å². The lowest BCUT2D eigenvalue weighted by molar-refractivity contribution is -0.131. The Morgan fingerprint density at radius 2 is 1.92 bits per heavy atom. The largest absolute Gasteiger partial charge is 0.343 e. The lowest BCUT2D eigenvalue weighted by Crippen LogP contribution is -2.36. The van der Waals surface area contributed by atoms with Gasteiger partial charge in [-0.15, -0.1) is 0 Å². The normalized spacial score (nSPS) is 10.4. The van der Waals surface area contributed by atoms with Crippen LogP contribution in [-0.2, 0) is 4.79 Å². The molecule has 0 atom stereocenters. The second kappa shape index (κ2) is 6.35. The molecule has 1 amide bonds. The summed E-state index contributed by atoms with van der Waals surface area (Å²) in [5.74, 6) is 0.849. The van der Waals surface area contributed by atoms with Crippen LogP contribution >= 0.6 is 12.6 Å². The van der Waals surface area contributed by atoms with E-state index < -0.39 is 0 Å². The molecule has 0 aromatic carbocycles. The number of carbonyl (C=O) groups excluding carboxylic acids is 1. The van der Waals surface area contributed by atoms with Crippen LogP contribution in [0.1, 0.15) is 33.1 Å². The van der Waals surface area contributed by atoms with Gasteiger partial charge in [-0.1, -0.05) is 13.8 Å². The molecule has 0 heterocycles. The van der Waals surface area contributed by atoms with Crippen molar-refractivity contribution >= 4 is 18.5 Å². The van der Waals surface area contributed by atoms with Crippen LogP contribution in [0.2, 0.25) is 0 Å². The lowest BCUT2D eigenvalue weighted by Gasteiger charge is -2.26. The second-order valence-electron chi connectivity index (χ2n) is 2.95. The predicted molar refractivity (Wildman–Crippen MR) is 55.6 cm³/mol. The van der Waals surface area contributed by atoms with Gasteiger partial charge in [0.2, 0.25) is 5.91 Å². The van der Waals surface area contributed by atoms with Crippen LogP contribution in [0.25, 0.3) is 0 Å². The third-order valence-electron chi connectivity index (χ3n) is 2.21. The molecule has 0 aliphatic rings. The number of hydrogen-bond acceptors (Lipinski definition) is 2. The Balaban J connectivity index is 3.96. The molecule has 0 bridgehead atoms. The Kier molecular flexibility index (Phi) is 6.25. The highest BCUT2D eigenvalue weighted by Gasteiger charge is 2.14. The van der Waals surface area contributed by atoms with Crippen molar-refractivity contribution in [2.24, 2.45) is 0 Å². The first-order valence-electron chi connectivity index (χ1n) is 4.53. The molecule has 0 N–H and O–H groups in total. The summed E-state index contributed by atoms with van der Waals surface area (Å²) >= 11 is 4.03. The van der Waals surface area contributed by atoms with E-state index in [2.05, 4.69) is 26.5 Å². The number of rotatable bonds is 5. The fourth-order valence-corrected chi connectivity index (χ4v) is 1.50. The first-order chi connectivity index (χ1) is 5.67. The van der Waals surface area contributed by atoms with Gasteiger partial charge >= 0.3 is 0 Å². The highest BCUT2D eigenvalue weighted by Crippen LogP contribution is 2.07. The topological polar surface area (TPSA) is 20.3 Å². The molecule has 0 rings (SSSR count). The summed E-state index contributed by atoms with van der Waals surface area (Å²) in [5.41, 5.74) is 0. The van der Waals surface area contributed by atoms with E-state index in [1.54, 1.807) is 0 Å². The first-order valence-corrected chi connectivity index (χ1v) is 5.17. The minimum Gasteiger partial charge on any atom is -0.343 e. The van der Waals surface area contributed by atoms with Gasteiger partial charge in [0.15, 0.2) is 0 Å². The average molecular weight is 189 g/mol. The van der Waals surface area contributed by atoms with Crippen LogP contribution in [0.4, 0.5) is 0 Å². The molecule has 0 unspecified atom stereocenters. The maximum absolute atomic E-state index is 11.4. The van der Waals surface area contributed by atoms with E-state index in [-0.39, 0.29) is 5.91 Å². The van der Waals surface area contributed by atoms with E-state index in [0.717, 1.165) is 12.8 Å². The summed E-state index contributed by atoms with van der Waals surface area (Å²) in [7, 11) is 1.88. The van der Waals surface area contributed by atoms with Gasteiger partial charge in [-0.3, -0.25) is 4.79 Å². The predicted octanol–water partition coefficient (Wildman–Crippen LogP) is 1.95. The van der Waals surface area contributed by atoms with Crippen molar-refractivity contribution in [1.82, 2.24) is 4.90 Å². The van der Waals surface area contributed by atoms with Crippen LogP contribution in [0, 0.1) is 0 Å². The van der Waals surface area contributed by atoms with E-state index in [1.165, 1.54) is 0 Å². The van der Waals surface area contributed by atoms with Crippen LogP contribution in [-0.4, -0.2) is 29.6 Å². The van der Waals surface area contributed by atoms with Gasteiger partial charge in [0.25, 0.3) is 0 Å². The van der Waals surface area contributed by atoms with Crippen molar-refractivity contribution in [2.75, 3.05) is 12.8 Å². The minimum absolute atomic E-state index is 0.207. The summed E-state index contributed by atoms with van der Waals surface area (Å²) < 4.78 is 0. The Morgan fingerprint density at radius 3 is 2.25 bits per heavy atom. The smallest absolute Gasteiger partial charge is 0.223 e. The van der Waals surface area contributed by atoms with Gasteiger partial charge in [-0.05, 0) is 18.6 Å². The molecule has 0 spiro atoms. The van der Waals surface area contributed by atoms with Gasteiger partial charge < -0.3 is 4.90 Å². The number of nitrogens with zero attached hydrogens (tertiary/aromatic N) is 1. The zero-order chi connectivity index (χ0) is 9.56. The van der Waals surface area contributed by atoms with E-state index >= 15 is 0 Å². The molecule has 0 fully saturated rings. The average Bonchev–Trinajstić information content (AvgIpc) is 2.07. The maximum Gasteiger partial charge on any atom is 0.223 e. The molecular formula is C9H19NOS. The van der Waals surface area contributed by atoms with Gasteiger partial charge in [-0.2, -0.15) is 12.6 Å². The third kappa shape index (κ3) is 3.48. The number of thiol groups is 1. The highest BCUT2D eigenvalue weighted by molar-refractivity contribution is 7.80. The summed E-state index contributed by atoms with van der Waals surface area (Å²) in [4.78, 5) is 13.2. The molecule has 2 nitrogen and oxygen atoms in total. The Hall–Kier alpha value is -0.180. The molecule has 3 heteroatoms. The number of carbonyl (C=O) groups is 1. The SMILES string of the molecule is CCC(CC)N(C)C(=O)CCS. The quantitative estimate of drug-likeness (QED) is 0.655. The molecule has 0 aromatic rings. The molecule has 0 aromatic heterocycles. The monoisotopic (exact) mass is 189 g/mol. The first kappa shape index (κ1) is 11.8. The molecule has 0 radical (unpaired) electrons. The fraction of sp³-hybridized carbons (Fsp3) is 0.889. The molecule has 12 heavy (non-hydrogen) atoms. The fourth-order valence-electron chi connectivity index (χ4n) is 1.31. The summed E-state index contributed by atoms with van der Waals surface area (Å²) in [5, 5.41) is 0. The van der Waals surface area contributed by atoms with E-state index in [1.807, 2.05) is 11.9 Å². The molecule has 0 aliphatic heterocycles. The van der Waals surface area contributed by atoms with Crippen molar-refractivity contribution in [3.8, 4) is 0 Å². The molecule has 72 valence electrons. The Bertz CT molecular complexity index is 134. The molecular weight excluding hydrogens is 170 g/mol. The van der Waals surface area contributed by atoms with Gasteiger partial charge in [0.1, 0.15) is 0 Å². The van der Waals surface area contributed by atoms with Crippen LogP contribution < -0.4 is 0 Å². The number of amides is 1. The zero-order valence-corrected chi connectivity index (χ0v) is 9.10. The Morgan fingerprint density at radius 1 is 1.42 bits per heavy atom. The summed E-state index contributed by atoms with van der Waals surface area (Å²) in [6.45, 7) is 4.22. The van der Waals surface area contributed by atoms with E-state index in [9.17, 15) is 4.79 Å². The van der Waals surface area contributed by atoms with E-state index in [4.69, 9.17) is 0 Å². The van der Waals surface area contributed by atoms with Gasteiger partial charge in [0, 0.05) is 19.5 Å². The van der Waals surface area contributed by atoms with Gasteiger partial charge in [-0.25, -0.2) is 0 Å². The third-order valence-corrected chi connectivity index (χ3v) is 2.43. The van der Waals surface area contributed by atoms with Crippen molar-refractivity contribution in [2.45, 2.75) is 39.2 Å². The second-order valence-corrected chi connectivity index (χ2v) is 3.40. The summed E-state index contributed by atoms with van der Waals surface area (Å²) in [6.07, 6.45) is 2.62. The molecule has 0 saturated carbocycles. The lowest BCUT2D eigenvalue weighted by atomic mass is 10.1. The van der Waals surface area contributed by atoms with Crippen molar-refractivity contribution < 1.29 is 4.79 Å². The molecule has 0 saturated heterocycles. The molecule has 0 aliphatic carbocycles. The maximum atomic E-state index is 11.4. The number of hydrogen-bond donors (Lipinski definition) is 1. The standard InChI is InChI=1S/C9H19NOS/c1-4-8(5-2)10(3)9(11)6-7-12/h8,12H,4-7H2,1-3H3. The van der Waals surface area contributed by atoms with Crippen LogP contribution in [0.15, 0.2) is 0 Å². The van der Waals surface area contributed by atoms with Crippen molar-refractivity contribution in [3.63, 3.8) is 0 Å². The van der Waals surface area contributed by atoms with E-state index in [0.29, 0.717) is 18.2 Å². The van der Waals surface area contributed by atoms with Gasteiger partial charge in [0.05, 0.1) is 0 Å².